The minimum atomic E-state index is -0.400. The number of nitrogens with zero attached hydrogens (tertiary/aromatic N) is 1. The highest BCUT2D eigenvalue weighted by atomic mass is 19.1. The molecular formula is C27H28FN3O2. The normalized spacial score (nSPS) is 13.7. The zero-order valence-corrected chi connectivity index (χ0v) is 18.9. The van der Waals surface area contributed by atoms with Gasteiger partial charge in [-0.2, -0.15) is 0 Å². The smallest absolute Gasteiger partial charge is 0.255 e. The van der Waals surface area contributed by atoms with E-state index in [1.54, 1.807) is 12.1 Å². The molecule has 3 aromatic rings. The van der Waals surface area contributed by atoms with Crippen molar-refractivity contribution in [3.8, 4) is 0 Å². The highest BCUT2D eigenvalue weighted by Gasteiger charge is 2.22. The van der Waals surface area contributed by atoms with E-state index >= 15 is 0 Å². The standard InChI is InChI=1S/C27H28FN3O2/c1-3-18(2)29-27(33)24-16-23(30-26(32)20-8-10-22(28)11-9-20)12-13-25(24)31-15-14-19-6-4-5-7-21(19)17-31/h4-13,16,18H,3,14-15,17H2,1-2H3,(H,29,33)(H,30,32). The molecule has 0 bridgehead atoms. The third-order valence-electron chi connectivity index (χ3n) is 6.07. The number of fused-ring (bicyclic) bond motifs is 1. The SMILES string of the molecule is CCC(C)NC(=O)c1cc(NC(=O)c2ccc(F)cc2)ccc1N1CCc2ccccc2C1. The van der Waals surface area contributed by atoms with Gasteiger partial charge in [-0.15, -0.1) is 0 Å². The van der Waals surface area contributed by atoms with Crippen LogP contribution in [0.3, 0.4) is 0 Å². The van der Waals surface area contributed by atoms with Crippen molar-refractivity contribution in [1.82, 2.24) is 5.32 Å². The molecule has 0 fully saturated rings. The van der Waals surface area contributed by atoms with Crippen molar-refractivity contribution >= 4 is 23.2 Å². The molecule has 0 aliphatic carbocycles. The van der Waals surface area contributed by atoms with E-state index in [1.165, 1.54) is 35.4 Å². The lowest BCUT2D eigenvalue weighted by molar-refractivity contribution is 0.0938. The molecule has 1 heterocycles. The van der Waals surface area contributed by atoms with Gasteiger partial charge in [-0.1, -0.05) is 31.2 Å². The highest BCUT2D eigenvalue weighted by molar-refractivity contribution is 6.06. The molecule has 3 aromatic carbocycles. The van der Waals surface area contributed by atoms with Crippen LogP contribution in [-0.2, 0) is 13.0 Å². The number of nitrogens with one attached hydrogen (secondary N) is 2. The highest BCUT2D eigenvalue weighted by Crippen LogP contribution is 2.30. The van der Waals surface area contributed by atoms with Gasteiger partial charge in [0.1, 0.15) is 5.82 Å². The summed E-state index contributed by atoms with van der Waals surface area (Å²) in [5.74, 6) is -0.929. The molecular weight excluding hydrogens is 417 g/mol. The first-order valence-corrected chi connectivity index (χ1v) is 11.3. The van der Waals surface area contributed by atoms with E-state index in [1.807, 2.05) is 26.0 Å². The minimum Gasteiger partial charge on any atom is -0.366 e. The quantitative estimate of drug-likeness (QED) is 0.550. The number of anilines is 2. The average molecular weight is 446 g/mol. The molecule has 1 unspecified atom stereocenters. The molecule has 2 N–H and O–H groups in total. The molecule has 2 amide bonds. The minimum absolute atomic E-state index is 0.0323. The molecule has 4 rings (SSSR count). The third-order valence-corrected chi connectivity index (χ3v) is 6.07. The van der Waals surface area contributed by atoms with E-state index < -0.39 is 5.82 Å². The van der Waals surface area contributed by atoms with Crippen LogP contribution in [0, 0.1) is 5.82 Å². The van der Waals surface area contributed by atoms with Gasteiger partial charge in [0.05, 0.1) is 5.56 Å². The molecule has 0 radical (unpaired) electrons. The van der Waals surface area contributed by atoms with Gasteiger partial charge in [-0.3, -0.25) is 9.59 Å². The zero-order valence-electron chi connectivity index (χ0n) is 18.9. The van der Waals surface area contributed by atoms with Gasteiger partial charge in [0, 0.05) is 36.1 Å². The maximum absolute atomic E-state index is 13.2. The van der Waals surface area contributed by atoms with E-state index in [-0.39, 0.29) is 17.9 Å². The van der Waals surface area contributed by atoms with Gasteiger partial charge in [0.25, 0.3) is 11.8 Å². The Kier molecular flexibility index (Phi) is 6.73. The summed E-state index contributed by atoms with van der Waals surface area (Å²) in [7, 11) is 0. The lowest BCUT2D eigenvalue weighted by Crippen LogP contribution is -2.35. The monoisotopic (exact) mass is 445 g/mol. The molecule has 0 saturated carbocycles. The molecule has 33 heavy (non-hydrogen) atoms. The molecule has 1 atom stereocenters. The summed E-state index contributed by atoms with van der Waals surface area (Å²) < 4.78 is 13.2. The number of halogens is 1. The van der Waals surface area contributed by atoms with Crippen molar-refractivity contribution in [2.75, 3.05) is 16.8 Å². The van der Waals surface area contributed by atoms with Crippen molar-refractivity contribution in [1.29, 1.82) is 0 Å². The van der Waals surface area contributed by atoms with Gasteiger partial charge in [-0.25, -0.2) is 4.39 Å². The molecule has 0 saturated heterocycles. The largest absolute Gasteiger partial charge is 0.366 e. The number of benzene rings is 3. The molecule has 0 spiro atoms. The average Bonchev–Trinajstić information content (AvgIpc) is 2.84. The van der Waals surface area contributed by atoms with Gasteiger partial charge in [0.15, 0.2) is 0 Å². The summed E-state index contributed by atoms with van der Waals surface area (Å²) >= 11 is 0. The first-order chi connectivity index (χ1) is 15.9. The van der Waals surface area contributed by atoms with Crippen LogP contribution in [0.1, 0.15) is 52.1 Å². The Morgan fingerprint density at radius 3 is 2.45 bits per heavy atom. The third kappa shape index (κ3) is 5.22. The summed E-state index contributed by atoms with van der Waals surface area (Å²) in [6.07, 6.45) is 1.73. The molecule has 0 aromatic heterocycles. The van der Waals surface area contributed by atoms with Crippen LogP contribution in [0.15, 0.2) is 66.7 Å². The van der Waals surface area contributed by atoms with E-state index in [2.05, 4.69) is 33.7 Å². The second-order valence-electron chi connectivity index (χ2n) is 8.42. The number of rotatable bonds is 6. The van der Waals surface area contributed by atoms with Gasteiger partial charge >= 0.3 is 0 Å². The van der Waals surface area contributed by atoms with E-state index in [0.29, 0.717) is 16.8 Å². The topological polar surface area (TPSA) is 61.4 Å². The van der Waals surface area contributed by atoms with E-state index in [9.17, 15) is 14.0 Å². The lowest BCUT2D eigenvalue weighted by atomic mass is 9.98. The predicted octanol–water partition coefficient (Wildman–Crippen LogP) is 5.17. The van der Waals surface area contributed by atoms with Crippen molar-refractivity contribution in [3.05, 3.63) is 94.8 Å². The summed E-state index contributed by atoms with van der Waals surface area (Å²) in [4.78, 5) is 28.0. The first kappa shape index (κ1) is 22.5. The maximum Gasteiger partial charge on any atom is 0.255 e. The Morgan fingerprint density at radius 2 is 1.73 bits per heavy atom. The van der Waals surface area contributed by atoms with Gasteiger partial charge in [-0.05, 0) is 73.4 Å². The summed E-state index contributed by atoms with van der Waals surface area (Å²) in [5, 5.41) is 5.87. The predicted molar refractivity (Wildman–Crippen MR) is 129 cm³/mol. The van der Waals surface area contributed by atoms with Crippen molar-refractivity contribution < 1.29 is 14.0 Å². The molecule has 1 aliphatic rings. The number of carbonyl (C=O) groups excluding carboxylic acids is 2. The molecule has 1 aliphatic heterocycles. The Bertz CT molecular complexity index is 1160. The maximum atomic E-state index is 13.2. The zero-order chi connectivity index (χ0) is 23.4. The summed E-state index contributed by atoms with van der Waals surface area (Å²) in [6, 6.07) is 19.2. The Labute approximate surface area is 193 Å². The number of hydrogen-bond acceptors (Lipinski definition) is 3. The Hall–Kier alpha value is -3.67. The van der Waals surface area contributed by atoms with Crippen LogP contribution in [-0.4, -0.2) is 24.4 Å². The number of carbonyl (C=O) groups is 2. The van der Waals surface area contributed by atoms with Crippen molar-refractivity contribution in [2.24, 2.45) is 0 Å². The van der Waals surface area contributed by atoms with Gasteiger partial charge < -0.3 is 15.5 Å². The fraction of sp³-hybridized carbons (Fsp3) is 0.259. The van der Waals surface area contributed by atoms with Crippen LogP contribution in [0.5, 0.6) is 0 Å². The number of amides is 2. The molecule has 5 nitrogen and oxygen atoms in total. The fourth-order valence-electron chi connectivity index (χ4n) is 3.98. The van der Waals surface area contributed by atoms with Crippen molar-refractivity contribution in [2.45, 2.75) is 39.3 Å². The van der Waals surface area contributed by atoms with E-state index in [4.69, 9.17) is 0 Å². The van der Waals surface area contributed by atoms with Crippen LogP contribution in [0.25, 0.3) is 0 Å². The lowest BCUT2D eigenvalue weighted by Gasteiger charge is -2.32. The summed E-state index contributed by atoms with van der Waals surface area (Å²) in [6.45, 7) is 5.52. The first-order valence-electron chi connectivity index (χ1n) is 11.3. The summed E-state index contributed by atoms with van der Waals surface area (Å²) in [5.41, 5.74) is 4.81. The second-order valence-corrected chi connectivity index (χ2v) is 8.42. The Morgan fingerprint density at radius 1 is 1.00 bits per heavy atom. The van der Waals surface area contributed by atoms with Crippen LogP contribution in [0.2, 0.25) is 0 Å². The fourth-order valence-corrected chi connectivity index (χ4v) is 3.98. The van der Waals surface area contributed by atoms with Crippen LogP contribution in [0.4, 0.5) is 15.8 Å². The van der Waals surface area contributed by atoms with Crippen LogP contribution < -0.4 is 15.5 Å². The van der Waals surface area contributed by atoms with Crippen molar-refractivity contribution in [3.63, 3.8) is 0 Å². The van der Waals surface area contributed by atoms with Gasteiger partial charge in [0.2, 0.25) is 0 Å². The van der Waals surface area contributed by atoms with Crippen LogP contribution >= 0.6 is 0 Å². The van der Waals surface area contributed by atoms with E-state index in [0.717, 1.165) is 31.6 Å². The Balaban J connectivity index is 1.63. The second kappa shape index (κ2) is 9.86. The molecule has 6 heteroatoms. The molecule has 170 valence electrons. The number of hydrogen-bond donors (Lipinski definition) is 2.